The van der Waals surface area contributed by atoms with Gasteiger partial charge in [0.2, 0.25) is 5.79 Å². The molecule has 0 N–H and O–H groups in total. The lowest BCUT2D eigenvalue weighted by atomic mass is 9.50. The van der Waals surface area contributed by atoms with Gasteiger partial charge in [-0.25, -0.2) is 0 Å². The van der Waals surface area contributed by atoms with Crippen molar-refractivity contribution >= 4 is 32.3 Å². The molecule has 676 valence electrons. The maximum Gasteiger partial charge on any atom is 0.204 e. The molecule has 4 saturated carbocycles. The van der Waals surface area contributed by atoms with Gasteiger partial charge >= 0.3 is 0 Å². The fraction of sp³-hybridized carbons (Fsp3) is 0.431. The summed E-state index contributed by atoms with van der Waals surface area (Å²) in [5, 5.41) is 7.40. The van der Waals surface area contributed by atoms with Crippen LogP contribution < -0.4 is 28.4 Å². The maximum atomic E-state index is 6.21. The summed E-state index contributed by atoms with van der Waals surface area (Å²) in [7, 11) is 0. The molecule has 12 aromatic rings. The van der Waals surface area contributed by atoms with Crippen LogP contribution in [0.15, 0.2) is 279 Å². The summed E-state index contributed by atoms with van der Waals surface area (Å²) in [5.41, 5.74) is 11.0. The van der Waals surface area contributed by atoms with E-state index >= 15 is 0 Å². The van der Waals surface area contributed by atoms with E-state index in [1.165, 1.54) is 122 Å². The van der Waals surface area contributed by atoms with Crippen molar-refractivity contribution in [3.05, 3.63) is 324 Å². The van der Waals surface area contributed by atoms with Gasteiger partial charge in [-0.15, -0.1) is 0 Å². The third-order valence-electron chi connectivity index (χ3n) is 26.0. The fourth-order valence-corrected chi connectivity index (χ4v) is 17.9. The highest BCUT2D eigenvalue weighted by Crippen LogP contribution is 2.60. The van der Waals surface area contributed by atoms with Crippen molar-refractivity contribution in [2.75, 3.05) is 26.4 Å². The Morgan fingerprint density at radius 2 is 0.685 bits per heavy atom. The van der Waals surface area contributed by atoms with E-state index in [-0.39, 0.29) is 25.2 Å². The monoisotopic (exact) mass is 1720 g/mol. The Morgan fingerprint density at radius 1 is 0.323 bits per heavy atom. The zero-order chi connectivity index (χ0) is 89.9. The minimum absolute atomic E-state index is 0.164. The van der Waals surface area contributed by atoms with Gasteiger partial charge in [0.15, 0.2) is 25.2 Å². The predicted molar refractivity (Wildman–Crippen MR) is 526 cm³/mol. The number of ether oxygens (including phenoxy) is 11. The Hall–Kier alpha value is -9.98. The zero-order valence-electron chi connectivity index (χ0n) is 79.1. The molecule has 11 heteroatoms. The summed E-state index contributed by atoms with van der Waals surface area (Å²) in [6.45, 7) is 37.7. The molecule has 16 rings (SSSR count). The summed E-state index contributed by atoms with van der Waals surface area (Å²) < 4.78 is 65.1. The van der Waals surface area contributed by atoms with Gasteiger partial charge < -0.3 is 52.1 Å². The Labute approximate surface area is 761 Å². The van der Waals surface area contributed by atoms with Crippen LogP contribution in [0.5, 0.6) is 34.5 Å². The first kappa shape index (κ1) is 97.6. The van der Waals surface area contributed by atoms with Gasteiger partial charge in [-0.05, 0) is 326 Å². The SMILES string of the molecule is CCC(C)c1ccc(OC(C)(C)OCCCCc2ccccc2)cc1.CCC(C)c1ccc(OC(C)OCC23CC4CC(CC(C4)C2)C3)cc1.CCC(C)c1ccc(OC(C)OCCOc2ccccc2)cc1.CCC(C)c1ccc(OC(C)OCc2c3ccccc3cc3ccccc23)cc1.CCC(C)c1ccc(OC(C)OCc2cccc3ccccc23)cc1. The lowest BCUT2D eigenvalue weighted by molar-refractivity contribution is -0.156. The van der Waals surface area contributed by atoms with Gasteiger partial charge in [0.1, 0.15) is 41.1 Å². The van der Waals surface area contributed by atoms with E-state index in [0.29, 0.717) is 68.0 Å². The number of hydrogen-bond acceptors (Lipinski definition) is 11. The van der Waals surface area contributed by atoms with Crippen molar-refractivity contribution in [2.45, 2.75) is 274 Å². The van der Waals surface area contributed by atoms with Gasteiger partial charge in [0.25, 0.3) is 0 Å². The standard InChI is InChI=1S/C27H28O2.C23H34O2.C23H26O2.C23H32O2.C20H26O3/c1-4-19(2)21-13-15-24(16-14-21)29-20(3)28-18-27-25-11-7-5-9-22(25)17-23-10-6-8-12-26(23)27;1-4-16(2)21-5-7-22(8-6-21)25-17(3)24-15-23-12-18-9-19(13-23)11-20(10-18)14-23;1-4-17(2)19-12-14-22(15-13-19)25-18(3)24-16-21-10-7-9-20-8-5-6-11-23(20)21;1-5-19(2)21-14-16-22(17-15-21)25-23(3,4)24-18-10-9-13-20-11-7-6-8-12-20;1-4-16(2)18-10-12-20(13-11-18)23-17(3)21-14-15-22-19-8-6-5-7-9-19/h5-17,19-20H,4,18H2,1-3H3;5-8,16-20H,4,9-15H2,1-3H3;5-15,17-18H,4,16H2,1-3H3;6-8,11-12,14-17,19H,5,9-10,13,18H2,1-4H3;5-13,16-17H,4,14-15H2,1-3H3. The van der Waals surface area contributed by atoms with E-state index in [1.54, 1.807) is 0 Å². The third kappa shape index (κ3) is 30.9. The number of hydrogen-bond donors (Lipinski definition) is 0. The molecule has 0 spiro atoms. The Morgan fingerprint density at radius 3 is 1.12 bits per heavy atom. The number of unbranched alkanes of at least 4 members (excludes halogenated alkanes) is 1. The minimum atomic E-state index is -0.607. The Bertz CT molecular complexity index is 5020. The van der Waals surface area contributed by atoms with Crippen LogP contribution in [0, 0.1) is 23.2 Å². The molecule has 0 radical (unpaired) electrons. The first-order valence-electron chi connectivity index (χ1n) is 47.6. The molecule has 9 atom stereocenters. The summed E-state index contributed by atoms with van der Waals surface area (Å²) in [6.07, 6.45) is 16.6. The average Bonchev–Trinajstić information content (AvgIpc) is 0.759. The molecule has 4 fully saturated rings. The van der Waals surface area contributed by atoms with E-state index in [4.69, 9.17) is 52.1 Å². The van der Waals surface area contributed by atoms with E-state index in [9.17, 15) is 0 Å². The zero-order valence-corrected chi connectivity index (χ0v) is 79.1. The van der Waals surface area contributed by atoms with Crippen LogP contribution in [0.3, 0.4) is 0 Å². The largest absolute Gasteiger partial charge is 0.491 e. The molecular weight excluding hydrogens is 1570 g/mol. The Balaban J connectivity index is 0.000000154. The molecule has 4 bridgehead atoms. The third-order valence-corrected chi connectivity index (χ3v) is 26.0. The van der Waals surface area contributed by atoms with Crippen molar-refractivity contribution in [3.63, 3.8) is 0 Å². The highest BCUT2D eigenvalue weighted by atomic mass is 16.7. The quantitative estimate of drug-likeness (QED) is 0.0208. The maximum absolute atomic E-state index is 6.21. The summed E-state index contributed by atoms with van der Waals surface area (Å²) >= 11 is 0. The normalized spacial score (nSPS) is 17.7. The first-order valence-corrected chi connectivity index (χ1v) is 47.6. The van der Waals surface area contributed by atoms with E-state index in [2.05, 4.69) is 269 Å². The number of fused-ring (bicyclic) bond motifs is 3. The average molecular weight is 1720 g/mol. The van der Waals surface area contributed by atoms with Crippen LogP contribution in [0.4, 0.5) is 0 Å². The second-order valence-electron chi connectivity index (χ2n) is 36.2. The van der Waals surface area contributed by atoms with Gasteiger partial charge in [-0.3, -0.25) is 0 Å². The number of aryl methyl sites for hydroxylation is 1. The van der Waals surface area contributed by atoms with Crippen molar-refractivity contribution in [1.29, 1.82) is 0 Å². The minimum Gasteiger partial charge on any atom is -0.491 e. The molecule has 0 aromatic heterocycles. The Kier molecular flexibility index (Phi) is 38.5. The van der Waals surface area contributed by atoms with Crippen molar-refractivity contribution in [1.82, 2.24) is 0 Å². The second kappa shape index (κ2) is 50.1. The fourth-order valence-electron chi connectivity index (χ4n) is 17.9. The van der Waals surface area contributed by atoms with Crippen LogP contribution in [-0.2, 0) is 43.3 Å². The van der Waals surface area contributed by atoms with E-state index in [0.717, 1.165) is 104 Å². The number of rotatable bonds is 40. The van der Waals surface area contributed by atoms with Gasteiger partial charge in [0.05, 0.1) is 33.0 Å². The van der Waals surface area contributed by atoms with Gasteiger partial charge in [-0.1, -0.05) is 269 Å². The summed E-state index contributed by atoms with van der Waals surface area (Å²) in [5.74, 6) is 10.4. The smallest absolute Gasteiger partial charge is 0.204 e. The van der Waals surface area contributed by atoms with Crippen molar-refractivity contribution in [3.8, 4) is 34.5 Å². The topological polar surface area (TPSA) is 102 Å². The van der Waals surface area contributed by atoms with Gasteiger partial charge in [-0.2, -0.15) is 0 Å². The molecule has 12 aromatic carbocycles. The first-order chi connectivity index (χ1) is 61.6. The van der Waals surface area contributed by atoms with Gasteiger partial charge in [0, 0.05) is 13.8 Å². The van der Waals surface area contributed by atoms with Crippen LogP contribution in [-0.4, -0.2) is 57.4 Å². The molecular formula is C116H146O11. The van der Waals surface area contributed by atoms with Crippen LogP contribution in [0.25, 0.3) is 32.3 Å². The predicted octanol–water partition coefficient (Wildman–Crippen LogP) is 31.3. The van der Waals surface area contributed by atoms with Crippen LogP contribution in [0.2, 0.25) is 0 Å². The summed E-state index contributed by atoms with van der Waals surface area (Å²) in [4.78, 5) is 0. The van der Waals surface area contributed by atoms with E-state index < -0.39 is 5.79 Å². The highest BCUT2D eigenvalue weighted by Gasteiger charge is 2.51. The van der Waals surface area contributed by atoms with Crippen LogP contribution in [0.1, 0.15) is 268 Å². The second-order valence-corrected chi connectivity index (χ2v) is 36.2. The molecule has 127 heavy (non-hydrogen) atoms. The number of benzene rings is 12. The highest BCUT2D eigenvalue weighted by molar-refractivity contribution is 6.02. The molecule has 9 unspecified atom stereocenters. The number of para-hydroxylation sites is 1. The lowest BCUT2D eigenvalue weighted by Crippen LogP contribution is -2.48. The molecule has 4 aliphatic carbocycles. The van der Waals surface area contributed by atoms with Crippen LogP contribution >= 0.6 is 0 Å². The molecule has 0 saturated heterocycles. The molecule has 4 aliphatic rings. The molecule has 0 aliphatic heterocycles. The summed E-state index contributed by atoms with van der Waals surface area (Å²) in [6, 6.07) is 96.1. The van der Waals surface area contributed by atoms with Crippen molar-refractivity contribution < 1.29 is 52.1 Å². The van der Waals surface area contributed by atoms with Crippen molar-refractivity contribution in [2.24, 2.45) is 23.2 Å². The molecule has 0 heterocycles. The molecule has 0 amide bonds. The van der Waals surface area contributed by atoms with E-state index in [1.807, 2.05) is 120 Å². The lowest BCUT2D eigenvalue weighted by Gasteiger charge is -2.56. The molecule has 11 nitrogen and oxygen atoms in total.